The molecule has 0 bridgehead atoms. The highest BCUT2D eigenvalue weighted by Crippen LogP contribution is 2.33. The molecule has 82 heavy (non-hydrogen) atoms. The Morgan fingerprint density at radius 3 is 1.22 bits per heavy atom. The van der Waals surface area contributed by atoms with E-state index in [1.54, 1.807) is 6.08 Å². The maximum Gasteiger partial charge on any atom is 0.220 e. The molecular formula is C63H117NO18. The molecule has 0 saturated carbocycles. The lowest BCUT2D eigenvalue weighted by molar-refractivity contribution is -0.379. The minimum Gasteiger partial charge on any atom is -0.394 e. The third-order valence-corrected chi connectivity index (χ3v) is 16.5. The number of aliphatic hydroxyl groups is 11. The smallest absolute Gasteiger partial charge is 0.220 e. The second-order valence-electron chi connectivity index (χ2n) is 23.6. The monoisotopic (exact) mass is 1180 g/mol. The Bertz CT molecular complexity index is 1590. The first-order valence-electron chi connectivity index (χ1n) is 32.6. The fourth-order valence-electron chi connectivity index (χ4n) is 11.1. The van der Waals surface area contributed by atoms with E-state index in [-0.39, 0.29) is 18.9 Å². The highest BCUT2D eigenvalue weighted by Gasteiger charge is 2.53. The van der Waals surface area contributed by atoms with Gasteiger partial charge in [-0.05, 0) is 32.1 Å². The van der Waals surface area contributed by atoms with Crippen LogP contribution in [0.4, 0.5) is 0 Å². The van der Waals surface area contributed by atoms with Gasteiger partial charge in [-0.3, -0.25) is 4.79 Å². The molecule has 19 heteroatoms. The Morgan fingerprint density at radius 2 is 0.780 bits per heavy atom. The van der Waals surface area contributed by atoms with Crippen LogP contribution in [0.2, 0.25) is 0 Å². The van der Waals surface area contributed by atoms with Crippen LogP contribution in [0, 0.1) is 0 Å². The summed E-state index contributed by atoms with van der Waals surface area (Å²) in [6.07, 6.45) is 23.0. The molecule has 3 aliphatic rings. The Hall–Kier alpha value is -1.73. The maximum absolute atomic E-state index is 13.4. The Labute approximate surface area is 492 Å². The minimum atomic E-state index is -1.98. The number of carbonyl (C=O) groups is 1. The van der Waals surface area contributed by atoms with Crippen molar-refractivity contribution in [2.75, 3.05) is 26.4 Å². The van der Waals surface area contributed by atoms with E-state index in [4.69, 9.17) is 28.4 Å². The summed E-state index contributed by atoms with van der Waals surface area (Å²) in [5, 5.41) is 120. The molecule has 482 valence electrons. The van der Waals surface area contributed by atoms with E-state index in [0.717, 1.165) is 38.5 Å². The van der Waals surface area contributed by atoms with Gasteiger partial charge in [-0.2, -0.15) is 0 Å². The van der Waals surface area contributed by atoms with Crippen LogP contribution in [0.3, 0.4) is 0 Å². The van der Waals surface area contributed by atoms with Crippen LogP contribution in [0.25, 0.3) is 0 Å². The summed E-state index contributed by atoms with van der Waals surface area (Å²) < 4.78 is 34.3. The van der Waals surface area contributed by atoms with Crippen molar-refractivity contribution in [3.63, 3.8) is 0 Å². The number of unbranched alkanes of at least 4 members (excludes halogenated alkanes) is 31. The Morgan fingerprint density at radius 1 is 0.427 bits per heavy atom. The molecular weight excluding hydrogens is 1060 g/mol. The summed E-state index contributed by atoms with van der Waals surface area (Å²) in [5.41, 5.74) is 0. The average molecular weight is 1180 g/mol. The lowest BCUT2D eigenvalue weighted by Gasteiger charge is -2.48. The second-order valence-corrected chi connectivity index (χ2v) is 23.6. The van der Waals surface area contributed by atoms with Crippen LogP contribution in [-0.4, -0.2) is 193 Å². The van der Waals surface area contributed by atoms with Crippen LogP contribution in [-0.2, 0) is 33.2 Å². The molecule has 0 spiro atoms. The highest BCUT2D eigenvalue weighted by molar-refractivity contribution is 5.76. The van der Waals surface area contributed by atoms with E-state index in [0.29, 0.717) is 12.8 Å². The number of allylic oxidation sites excluding steroid dienone is 3. The summed E-state index contributed by atoms with van der Waals surface area (Å²) in [7, 11) is 0. The van der Waals surface area contributed by atoms with E-state index in [2.05, 4.69) is 31.3 Å². The number of hydrogen-bond donors (Lipinski definition) is 12. The van der Waals surface area contributed by atoms with Gasteiger partial charge >= 0.3 is 0 Å². The van der Waals surface area contributed by atoms with Gasteiger partial charge in [-0.1, -0.05) is 224 Å². The predicted octanol–water partition coefficient (Wildman–Crippen LogP) is 7.10. The van der Waals surface area contributed by atoms with Gasteiger partial charge in [0.1, 0.15) is 73.2 Å². The van der Waals surface area contributed by atoms with Crippen molar-refractivity contribution in [1.82, 2.24) is 5.32 Å². The fourth-order valence-corrected chi connectivity index (χ4v) is 11.1. The number of ether oxygens (including phenoxy) is 6. The molecule has 0 radical (unpaired) electrons. The van der Waals surface area contributed by atoms with Gasteiger partial charge in [0.2, 0.25) is 5.91 Å². The van der Waals surface area contributed by atoms with E-state index < -0.39 is 124 Å². The molecule has 3 aliphatic heterocycles. The van der Waals surface area contributed by atoms with E-state index >= 15 is 0 Å². The molecule has 3 fully saturated rings. The maximum atomic E-state index is 13.4. The number of hydrogen-bond acceptors (Lipinski definition) is 18. The van der Waals surface area contributed by atoms with Crippen molar-refractivity contribution in [3.8, 4) is 0 Å². The number of carbonyl (C=O) groups excluding carboxylic acids is 1. The van der Waals surface area contributed by atoms with Gasteiger partial charge in [-0.15, -0.1) is 0 Å². The van der Waals surface area contributed by atoms with Crippen LogP contribution < -0.4 is 5.32 Å². The summed E-state index contributed by atoms with van der Waals surface area (Å²) in [6, 6.07) is -0.985. The highest BCUT2D eigenvalue weighted by atomic mass is 16.8. The third-order valence-electron chi connectivity index (χ3n) is 16.5. The topological polar surface area (TPSA) is 307 Å². The molecule has 3 saturated heterocycles. The fraction of sp³-hybridized carbons (Fsp3) is 0.921. The van der Waals surface area contributed by atoms with E-state index in [1.165, 1.54) is 167 Å². The van der Waals surface area contributed by atoms with Crippen molar-refractivity contribution < 1.29 is 89.4 Å². The average Bonchev–Trinajstić information content (AvgIpc) is 3.17. The third kappa shape index (κ3) is 29.3. The summed E-state index contributed by atoms with van der Waals surface area (Å²) in [5.74, 6) is -0.282. The predicted molar refractivity (Wildman–Crippen MR) is 314 cm³/mol. The molecule has 3 rings (SSSR count). The van der Waals surface area contributed by atoms with Crippen molar-refractivity contribution >= 4 is 5.91 Å². The lowest BCUT2D eigenvalue weighted by atomic mass is 9.96. The lowest BCUT2D eigenvalue weighted by Crippen LogP contribution is -2.66. The first-order valence-corrected chi connectivity index (χ1v) is 32.6. The first kappa shape index (κ1) is 74.5. The van der Waals surface area contributed by atoms with Crippen LogP contribution in [0.5, 0.6) is 0 Å². The van der Waals surface area contributed by atoms with Gasteiger partial charge in [0.05, 0.1) is 38.6 Å². The number of amides is 1. The Kier molecular flexibility index (Phi) is 42.2. The number of nitrogens with one attached hydrogen (secondary N) is 1. The van der Waals surface area contributed by atoms with Gasteiger partial charge in [0.15, 0.2) is 18.9 Å². The van der Waals surface area contributed by atoms with Gasteiger partial charge in [0, 0.05) is 6.42 Å². The summed E-state index contributed by atoms with van der Waals surface area (Å²) >= 11 is 0. The standard InChI is InChI=1S/C63H117NO18/c1-3-5-7-9-11-13-15-17-19-21-23-24-26-28-30-32-34-36-38-40-47(68)46(64-51(69)41-39-37-35-33-31-29-27-25-22-20-18-16-14-12-10-8-6-4-2)45-77-61-57(75)54(72)59(49(43-66)79-61)82-63-58(76)55(73)60(50(44-67)80-63)81-62-56(74)53(71)52(70)48(42-65)78-62/h30,32,38,40,46-50,52-63,65-68,70-76H,3-29,31,33-37,39,41-45H2,1-2H3,(H,64,69)/b32-30+,40-38+. The first-order chi connectivity index (χ1) is 39.8. The molecule has 12 N–H and O–H groups in total. The van der Waals surface area contributed by atoms with Crippen molar-refractivity contribution in [2.24, 2.45) is 0 Å². The molecule has 0 aromatic heterocycles. The minimum absolute atomic E-state index is 0.240. The largest absolute Gasteiger partial charge is 0.394 e. The molecule has 17 unspecified atom stereocenters. The molecule has 3 heterocycles. The zero-order valence-electron chi connectivity index (χ0n) is 50.5. The van der Waals surface area contributed by atoms with E-state index in [1.807, 2.05) is 6.08 Å². The molecule has 17 atom stereocenters. The second kappa shape index (κ2) is 46.4. The SMILES string of the molecule is CCCCCCCCCCCCCCC/C=C/CC/C=C/C(O)C(COC1OC(CO)C(OC2OC(CO)C(OC3OC(CO)C(O)C(O)C3O)C(O)C2O)C(O)C1O)NC(=O)CCCCCCCCCCCCCCCCCCCC. The summed E-state index contributed by atoms with van der Waals surface area (Å²) in [6.45, 7) is 1.73. The number of aliphatic hydroxyl groups excluding tert-OH is 11. The Balaban J connectivity index is 1.49. The van der Waals surface area contributed by atoms with Crippen molar-refractivity contribution in [2.45, 2.75) is 343 Å². The van der Waals surface area contributed by atoms with Gasteiger partial charge in [0.25, 0.3) is 0 Å². The van der Waals surface area contributed by atoms with Crippen LogP contribution >= 0.6 is 0 Å². The quantitative estimate of drug-likeness (QED) is 0.0213. The van der Waals surface area contributed by atoms with Crippen molar-refractivity contribution in [1.29, 1.82) is 0 Å². The molecule has 0 aromatic rings. The zero-order valence-corrected chi connectivity index (χ0v) is 50.5. The molecule has 0 aromatic carbocycles. The van der Waals surface area contributed by atoms with Crippen LogP contribution in [0.1, 0.15) is 239 Å². The van der Waals surface area contributed by atoms with E-state index in [9.17, 15) is 61.0 Å². The zero-order chi connectivity index (χ0) is 59.7. The molecule has 19 nitrogen and oxygen atoms in total. The van der Waals surface area contributed by atoms with Crippen molar-refractivity contribution in [3.05, 3.63) is 24.3 Å². The van der Waals surface area contributed by atoms with Gasteiger partial charge < -0.3 is 89.9 Å². The molecule has 1 amide bonds. The normalized spacial score (nSPS) is 29.7. The molecule has 0 aliphatic carbocycles. The summed E-state index contributed by atoms with van der Waals surface area (Å²) in [4.78, 5) is 13.4. The van der Waals surface area contributed by atoms with Gasteiger partial charge in [-0.25, -0.2) is 0 Å². The van der Waals surface area contributed by atoms with Crippen LogP contribution in [0.15, 0.2) is 24.3 Å². The number of rotatable bonds is 49.